The number of aliphatic hydroxyl groups is 1. The number of benzene rings is 1. The van der Waals surface area contributed by atoms with Crippen LogP contribution in [0.1, 0.15) is 37.5 Å². The molecule has 0 aromatic heterocycles. The van der Waals surface area contributed by atoms with E-state index in [-0.39, 0.29) is 17.4 Å². The maximum atomic E-state index is 9.63. The zero-order valence-corrected chi connectivity index (χ0v) is 11.2. The Morgan fingerprint density at radius 1 is 1.29 bits per heavy atom. The molecule has 0 radical (unpaired) electrons. The average molecular weight is 234 g/mol. The summed E-state index contributed by atoms with van der Waals surface area (Å²) in [5.74, 6) is 0. The summed E-state index contributed by atoms with van der Waals surface area (Å²) in [6.07, 6.45) is 0. The molecule has 1 aromatic rings. The van der Waals surface area contributed by atoms with E-state index >= 15 is 0 Å². The van der Waals surface area contributed by atoms with Crippen molar-refractivity contribution in [3.8, 4) is 0 Å². The first-order valence-electron chi connectivity index (χ1n) is 6.19. The lowest BCUT2D eigenvalue weighted by Crippen LogP contribution is -2.50. The van der Waals surface area contributed by atoms with Gasteiger partial charge in [-0.1, -0.05) is 39.0 Å². The van der Waals surface area contributed by atoms with Crippen LogP contribution >= 0.6 is 0 Å². The summed E-state index contributed by atoms with van der Waals surface area (Å²) in [5, 5.41) is 9.63. The van der Waals surface area contributed by atoms with Crippen LogP contribution < -0.4 is 0 Å². The van der Waals surface area contributed by atoms with E-state index in [0.29, 0.717) is 13.2 Å². The minimum Gasteiger partial charge on any atom is -0.395 e. The number of rotatable bonds is 2. The van der Waals surface area contributed by atoms with Crippen LogP contribution in [-0.4, -0.2) is 24.9 Å². The Morgan fingerprint density at radius 2 is 1.94 bits per heavy atom. The third kappa shape index (κ3) is 2.12. The molecule has 0 saturated carbocycles. The van der Waals surface area contributed by atoms with Crippen LogP contribution in [0, 0.1) is 6.92 Å². The lowest BCUT2D eigenvalue weighted by Gasteiger charge is -2.42. The quantitative estimate of drug-likeness (QED) is 0.852. The molecular weight excluding hydrogens is 212 g/mol. The highest BCUT2D eigenvalue weighted by Gasteiger charge is 2.41. The van der Waals surface area contributed by atoms with Gasteiger partial charge < -0.3 is 9.84 Å². The highest BCUT2D eigenvalue weighted by atomic mass is 16.5. The zero-order chi connectivity index (χ0) is 12.7. The maximum absolute atomic E-state index is 9.63. The first-order chi connectivity index (χ1) is 7.89. The molecule has 1 aliphatic heterocycles. The highest BCUT2D eigenvalue weighted by molar-refractivity contribution is 5.41. The molecule has 0 amide bonds. The van der Waals surface area contributed by atoms with Gasteiger partial charge in [0, 0.05) is 0 Å². The molecular formula is C15H22O2. The number of hydrogen-bond donors (Lipinski definition) is 1. The molecule has 0 unspecified atom stereocenters. The second-order valence-corrected chi connectivity index (χ2v) is 6.21. The average Bonchev–Trinajstić information content (AvgIpc) is 2.18. The minimum atomic E-state index is -0.161. The zero-order valence-electron chi connectivity index (χ0n) is 11.2. The Morgan fingerprint density at radius 3 is 2.35 bits per heavy atom. The molecule has 94 valence electrons. The highest BCUT2D eigenvalue weighted by Crippen LogP contribution is 2.36. The summed E-state index contributed by atoms with van der Waals surface area (Å²) in [6.45, 7) is 10.2. The van der Waals surface area contributed by atoms with Gasteiger partial charge in [-0.2, -0.15) is 0 Å². The SMILES string of the molecule is Cc1ccc(C(C)(C)C)cc1C1(CO)COC1. The van der Waals surface area contributed by atoms with Crippen molar-refractivity contribution in [2.24, 2.45) is 0 Å². The fraction of sp³-hybridized carbons (Fsp3) is 0.600. The summed E-state index contributed by atoms with van der Waals surface area (Å²) in [7, 11) is 0. The number of hydrogen-bond acceptors (Lipinski definition) is 2. The molecule has 1 aliphatic rings. The second kappa shape index (κ2) is 4.11. The van der Waals surface area contributed by atoms with E-state index in [4.69, 9.17) is 4.74 Å². The van der Waals surface area contributed by atoms with E-state index in [0.717, 1.165) is 0 Å². The number of aliphatic hydroxyl groups excluding tert-OH is 1. The van der Waals surface area contributed by atoms with E-state index in [2.05, 4.69) is 45.9 Å². The van der Waals surface area contributed by atoms with Crippen molar-refractivity contribution in [3.05, 3.63) is 34.9 Å². The van der Waals surface area contributed by atoms with Gasteiger partial charge in [0.25, 0.3) is 0 Å². The van der Waals surface area contributed by atoms with E-state index in [1.165, 1.54) is 16.7 Å². The molecule has 2 rings (SSSR count). The molecule has 2 heteroatoms. The fourth-order valence-electron chi connectivity index (χ4n) is 2.34. The third-order valence-corrected chi connectivity index (χ3v) is 3.73. The van der Waals surface area contributed by atoms with Crippen molar-refractivity contribution in [2.45, 2.75) is 38.5 Å². The molecule has 0 atom stereocenters. The summed E-state index contributed by atoms with van der Waals surface area (Å²) in [4.78, 5) is 0. The topological polar surface area (TPSA) is 29.5 Å². The third-order valence-electron chi connectivity index (χ3n) is 3.73. The standard InChI is InChI=1S/C15H22O2/c1-11-5-6-12(14(2,3)4)7-13(11)15(8-16)9-17-10-15/h5-7,16H,8-10H2,1-4H3. The van der Waals surface area contributed by atoms with Crippen LogP contribution in [0.3, 0.4) is 0 Å². The van der Waals surface area contributed by atoms with E-state index < -0.39 is 0 Å². The Labute approximate surface area is 104 Å². The van der Waals surface area contributed by atoms with Crippen LogP contribution in [0.5, 0.6) is 0 Å². The van der Waals surface area contributed by atoms with Gasteiger partial charge in [0.2, 0.25) is 0 Å². The maximum Gasteiger partial charge on any atom is 0.0653 e. The summed E-state index contributed by atoms with van der Waals surface area (Å²) >= 11 is 0. The Hall–Kier alpha value is -0.860. The molecule has 0 bridgehead atoms. The largest absolute Gasteiger partial charge is 0.395 e. The number of aryl methyl sites for hydroxylation is 1. The molecule has 1 aromatic carbocycles. The Kier molecular flexibility index (Phi) is 3.04. The molecule has 2 nitrogen and oxygen atoms in total. The molecule has 0 aliphatic carbocycles. The summed E-state index contributed by atoms with van der Waals surface area (Å²) in [5.41, 5.74) is 3.79. The van der Waals surface area contributed by atoms with Crippen LogP contribution in [0.4, 0.5) is 0 Å². The van der Waals surface area contributed by atoms with Crippen molar-refractivity contribution in [1.82, 2.24) is 0 Å². The second-order valence-electron chi connectivity index (χ2n) is 6.21. The predicted molar refractivity (Wildman–Crippen MR) is 69.5 cm³/mol. The van der Waals surface area contributed by atoms with Crippen LogP contribution in [0.2, 0.25) is 0 Å². The van der Waals surface area contributed by atoms with Gasteiger partial charge >= 0.3 is 0 Å². The van der Waals surface area contributed by atoms with Gasteiger partial charge in [0.1, 0.15) is 0 Å². The smallest absolute Gasteiger partial charge is 0.0653 e. The van der Waals surface area contributed by atoms with E-state index in [9.17, 15) is 5.11 Å². The molecule has 1 heterocycles. The van der Waals surface area contributed by atoms with Gasteiger partial charge in [-0.3, -0.25) is 0 Å². The lowest BCUT2D eigenvalue weighted by molar-refractivity contribution is -0.0844. The number of ether oxygens (including phenoxy) is 1. The van der Waals surface area contributed by atoms with Gasteiger partial charge in [-0.25, -0.2) is 0 Å². The Balaban J connectivity index is 2.46. The molecule has 17 heavy (non-hydrogen) atoms. The lowest BCUT2D eigenvalue weighted by atomic mass is 9.74. The van der Waals surface area contributed by atoms with Crippen molar-refractivity contribution in [2.75, 3.05) is 19.8 Å². The summed E-state index contributed by atoms with van der Waals surface area (Å²) in [6, 6.07) is 6.59. The van der Waals surface area contributed by atoms with Crippen molar-refractivity contribution >= 4 is 0 Å². The van der Waals surface area contributed by atoms with Crippen LogP contribution in [-0.2, 0) is 15.6 Å². The van der Waals surface area contributed by atoms with Gasteiger partial charge in [0.05, 0.1) is 25.2 Å². The van der Waals surface area contributed by atoms with E-state index in [1.807, 2.05) is 0 Å². The van der Waals surface area contributed by atoms with Gasteiger partial charge in [0.15, 0.2) is 0 Å². The minimum absolute atomic E-state index is 0.143. The van der Waals surface area contributed by atoms with Crippen molar-refractivity contribution in [3.63, 3.8) is 0 Å². The molecule has 1 N–H and O–H groups in total. The van der Waals surface area contributed by atoms with E-state index in [1.54, 1.807) is 0 Å². The monoisotopic (exact) mass is 234 g/mol. The molecule has 1 saturated heterocycles. The normalized spacial score (nSPS) is 18.9. The van der Waals surface area contributed by atoms with Crippen LogP contribution in [0.15, 0.2) is 18.2 Å². The fourth-order valence-corrected chi connectivity index (χ4v) is 2.34. The predicted octanol–water partition coefficient (Wildman–Crippen LogP) is 2.55. The molecule has 0 spiro atoms. The van der Waals surface area contributed by atoms with Crippen molar-refractivity contribution in [1.29, 1.82) is 0 Å². The molecule has 1 fully saturated rings. The van der Waals surface area contributed by atoms with Crippen molar-refractivity contribution < 1.29 is 9.84 Å². The van der Waals surface area contributed by atoms with Gasteiger partial charge in [-0.15, -0.1) is 0 Å². The van der Waals surface area contributed by atoms with Crippen LogP contribution in [0.25, 0.3) is 0 Å². The first kappa shape index (κ1) is 12.6. The van der Waals surface area contributed by atoms with Gasteiger partial charge in [-0.05, 0) is 29.0 Å². The Bertz CT molecular complexity index is 406. The first-order valence-corrected chi connectivity index (χ1v) is 6.19. The summed E-state index contributed by atoms with van der Waals surface area (Å²) < 4.78 is 5.30.